The average Bonchev–Trinajstić information content (AvgIpc) is 2.71. The van der Waals surface area contributed by atoms with Crippen LogP contribution in [0.3, 0.4) is 0 Å². The zero-order valence-corrected chi connectivity index (χ0v) is 14.5. The van der Waals surface area contributed by atoms with Gasteiger partial charge in [0, 0.05) is 0 Å². The SMILES string of the molecule is C#CCOC(=O)Oc1ccc(N=Nc2ccc(OC(=O)OCC#C)cc2)cc1. The van der Waals surface area contributed by atoms with E-state index in [1.807, 2.05) is 0 Å². The second-order valence-corrected chi connectivity index (χ2v) is 4.88. The molecule has 0 aromatic heterocycles. The number of hydrogen-bond acceptors (Lipinski definition) is 8. The van der Waals surface area contributed by atoms with E-state index in [9.17, 15) is 9.59 Å². The maximum absolute atomic E-state index is 11.3. The third kappa shape index (κ3) is 6.90. The van der Waals surface area contributed by atoms with Gasteiger partial charge in [-0.15, -0.1) is 12.8 Å². The van der Waals surface area contributed by atoms with E-state index in [0.717, 1.165) is 0 Å². The number of rotatable bonds is 6. The molecule has 0 fully saturated rings. The summed E-state index contributed by atoms with van der Waals surface area (Å²) in [6.45, 7) is -0.331. The first-order valence-electron chi connectivity index (χ1n) is 7.78. The Morgan fingerprint density at radius 3 is 1.39 bits per heavy atom. The minimum absolute atomic E-state index is 0.166. The van der Waals surface area contributed by atoms with Gasteiger partial charge in [-0.1, -0.05) is 11.8 Å². The van der Waals surface area contributed by atoms with Gasteiger partial charge in [0.25, 0.3) is 0 Å². The van der Waals surface area contributed by atoms with Crippen LogP contribution in [0.4, 0.5) is 21.0 Å². The molecule has 0 aliphatic rings. The van der Waals surface area contributed by atoms with Crippen molar-refractivity contribution in [2.75, 3.05) is 13.2 Å². The van der Waals surface area contributed by atoms with Gasteiger partial charge in [0.15, 0.2) is 13.2 Å². The number of azo groups is 1. The van der Waals surface area contributed by atoms with Gasteiger partial charge in [-0.3, -0.25) is 0 Å². The lowest BCUT2D eigenvalue weighted by molar-refractivity contribution is 0.110. The van der Waals surface area contributed by atoms with Crippen molar-refractivity contribution in [2.24, 2.45) is 10.2 Å². The smallest absolute Gasteiger partial charge is 0.421 e. The van der Waals surface area contributed by atoms with Gasteiger partial charge in [-0.25, -0.2) is 9.59 Å². The van der Waals surface area contributed by atoms with Gasteiger partial charge in [0.2, 0.25) is 0 Å². The van der Waals surface area contributed by atoms with Crippen LogP contribution in [0.2, 0.25) is 0 Å². The normalized spacial score (nSPS) is 9.79. The van der Waals surface area contributed by atoms with Crippen molar-refractivity contribution in [3.8, 4) is 36.2 Å². The van der Waals surface area contributed by atoms with Crippen LogP contribution < -0.4 is 9.47 Å². The first kappa shape index (κ1) is 20.0. The number of benzene rings is 2. The lowest BCUT2D eigenvalue weighted by atomic mass is 10.3. The van der Waals surface area contributed by atoms with E-state index in [0.29, 0.717) is 11.4 Å². The molecule has 0 unspecified atom stereocenters. The van der Waals surface area contributed by atoms with E-state index >= 15 is 0 Å². The van der Waals surface area contributed by atoms with Gasteiger partial charge in [0.05, 0.1) is 11.4 Å². The maximum Gasteiger partial charge on any atom is 0.514 e. The molecule has 0 spiro atoms. The molecule has 2 aromatic rings. The molecule has 8 heteroatoms. The molecule has 0 saturated carbocycles. The highest BCUT2D eigenvalue weighted by atomic mass is 16.7. The van der Waals surface area contributed by atoms with Crippen molar-refractivity contribution in [3.63, 3.8) is 0 Å². The fraction of sp³-hybridized carbons (Fsp3) is 0.100. The molecule has 2 rings (SSSR count). The van der Waals surface area contributed by atoms with Crippen LogP contribution in [0.5, 0.6) is 11.5 Å². The number of hydrogen-bond donors (Lipinski definition) is 0. The topological polar surface area (TPSA) is 95.8 Å². The first-order chi connectivity index (χ1) is 13.6. The number of nitrogens with zero attached hydrogens (tertiary/aromatic N) is 2. The minimum atomic E-state index is -0.891. The van der Waals surface area contributed by atoms with Crippen LogP contribution in [0, 0.1) is 24.7 Å². The highest BCUT2D eigenvalue weighted by Gasteiger charge is 2.06. The van der Waals surface area contributed by atoms with E-state index in [2.05, 4.69) is 31.5 Å². The van der Waals surface area contributed by atoms with Crippen LogP contribution in [0.25, 0.3) is 0 Å². The van der Waals surface area contributed by atoms with Crippen LogP contribution in [-0.2, 0) is 9.47 Å². The van der Waals surface area contributed by atoms with E-state index < -0.39 is 12.3 Å². The Morgan fingerprint density at radius 2 is 1.07 bits per heavy atom. The number of carbonyl (C=O) groups excluding carboxylic acids is 2. The Bertz CT molecular complexity index is 844. The summed E-state index contributed by atoms with van der Waals surface area (Å²) >= 11 is 0. The third-order valence-corrected chi connectivity index (χ3v) is 2.90. The van der Waals surface area contributed by atoms with Crippen molar-refractivity contribution < 1.29 is 28.5 Å². The van der Waals surface area contributed by atoms with E-state index in [4.69, 9.17) is 22.3 Å². The Balaban J connectivity index is 1.89. The summed E-state index contributed by atoms with van der Waals surface area (Å²) in [5.74, 6) is 4.87. The molecule has 2 aromatic carbocycles. The van der Waals surface area contributed by atoms with Crippen molar-refractivity contribution in [1.29, 1.82) is 0 Å². The van der Waals surface area contributed by atoms with Crippen molar-refractivity contribution >= 4 is 23.7 Å². The molecular weight excluding hydrogens is 364 g/mol. The summed E-state index contributed by atoms with van der Waals surface area (Å²) in [6.07, 6.45) is 8.18. The fourth-order valence-corrected chi connectivity index (χ4v) is 1.73. The molecule has 140 valence electrons. The molecule has 8 nitrogen and oxygen atoms in total. The summed E-state index contributed by atoms with van der Waals surface area (Å²) in [4.78, 5) is 22.6. The Kier molecular flexibility index (Phi) is 7.60. The lowest BCUT2D eigenvalue weighted by Crippen LogP contribution is -2.10. The highest BCUT2D eigenvalue weighted by Crippen LogP contribution is 2.23. The molecule has 0 aliphatic heterocycles. The van der Waals surface area contributed by atoms with E-state index in [-0.39, 0.29) is 24.7 Å². The number of terminal acetylenes is 2. The summed E-state index contributed by atoms with van der Waals surface area (Å²) in [5.41, 5.74) is 1.06. The molecule has 0 N–H and O–H groups in total. The molecule has 0 radical (unpaired) electrons. The van der Waals surface area contributed by atoms with Gasteiger partial charge < -0.3 is 18.9 Å². The molecule has 28 heavy (non-hydrogen) atoms. The average molecular weight is 378 g/mol. The van der Waals surface area contributed by atoms with Gasteiger partial charge in [-0.2, -0.15) is 10.2 Å². The van der Waals surface area contributed by atoms with Crippen molar-refractivity contribution in [1.82, 2.24) is 0 Å². The largest absolute Gasteiger partial charge is 0.514 e. The van der Waals surface area contributed by atoms with Crippen molar-refractivity contribution in [3.05, 3.63) is 48.5 Å². The number of ether oxygens (including phenoxy) is 4. The van der Waals surface area contributed by atoms with Gasteiger partial charge in [0.1, 0.15) is 11.5 Å². The molecule has 0 aliphatic carbocycles. The Labute approximate surface area is 161 Å². The molecule has 0 bridgehead atoms. The second kappa shape index (κ2) is 10.6. The van der Waals surface area contributed by atoms with Crippen LogP contribution in [0.15, 0.2) is 58.8 Å². The molecular formula is C20H14N2O6. The van der Waals surface area contributed by atoms with E-state index in [1.54, 1.807) is 24.3 Å². The standard InChI is InChI=1S/C20H14N2O6/c1-3-13-25-19(23)27-17-9-5-15(6-10-17)21-22-16-7-11-18(12-8-16)28-20(24)26-14-4-2/h1-2,5-12H,13-14H2. The Morgan fingerprint density at radius 1 is 0.714 bits per heavy atom. The fourth-order valence-electron chi connectivity index (χ4n) is 1.73. The summed E-state index contributed by atoms with van der Waals surface area (Å²) in [7, 11) is 0. The van der Waals surface area contributed by atoms with E-state index in [1.165, 1.54) is 24.3 Å². The van der Waals surface area contributed by atoms with Crippen LogP contribution in [0.1, 0.15) is 0 Å². The lowest BCUT2D eigenvalue weighted by Gasteiger charge is -2.03. The maximum atomic E-state index is 11.3. The molecule has 0 saturated heterocycles. The minimum Gasteiger partial charge on any atom is -0.421 e. The summed E-state index contributed by atoms with van der Waals surface area (Å²) < 4.78 is 19.0. The summed E-state index contributed by atoms with van der Waals surface area (Å²) in [5, 5.41) is 8.10. The number of carbonyl (C=O) groups is 2. The van der Waals surface area contributed by atoms with Gasteiger partial charge >= 0.3 is 12.3 Å². The monoisotopic (exact) mass is 378 g/mol. The first-order valence-corrected chi connectivity index (χ1v) is 7.78. The molecule has 0 amide bonds. The predicted molar refractivity (Wildman–Crippen MR) is 98.7 cm³/mol. The van der Waals surface area contributed by atoms with Crippen LogP contribution >= 0.6 is 0 Å². The Hall–Kier alpha value is -4.30. The second-order valence-electron chi connectivity index (χ2n) is 4.88. The quantitative estimate of drug-likeness (QED) is 0.320. The van der Waals surface area contributed by atoms with Crippen molar-refractivity contribution in [2.45, 2.75) is 0 Å². The third-order valence-electron chi connectivity index (χ3n) is 2.90. The predicted octanol–water partition coefficient (Wildman–Crippen LogP) is 4.40. The van der Waals surface area contributed by atoms with Gasteiger partial charge in [-0.05, 0) is 48.5 Å². The zero-order chi connectivity index (χ0) is 20.2. The van der Waals surface area contributed by atoms with Crippen LogP contribution in [-0.4, -0.2) is 25.5 Å². The molecule has 0 atom stereocenters. The zero-order valence-electron chi connectivity index (χ0n) is 14.5. The summed E-state index contributed by atoms with van der Waals surface area (Å²) in [6, 6.07) is 12.5. The molecule has 0 heterocycles. The highest BCUT2D eigenvalue weighted by molar-refractivity contribution is 5.65.